The third kappa shape index (κ3) is 6.96. The number of hydrogen-bond donors (Lipinski definition) is 3. The van der Waals surface area contributed by atoms with Crippen molar-refractivity contribution >= 4 is 52.1 Å². The second-order valence-electron chi connectivity index (χ2n) is 7.85. The Morgan fingerprint density at radius 3 is 2.54 bits per heavy atom. The maximum Gasteiger partial charge on any atom is 0.229 e. The van der Waals surface area contributed by atoms with E-state index in [2.05, 4.69) is 27.2 Å². The van der Waals surface area contributed by atoms with Gasteiger partial charge in [-0.3, -0.25) is 9.59 Å². The number of halogens is 1. The van der Waals surface area contributed by atoms with Crippen LogP contribution >= 0.6 is 11.6 Å². The zero-order valence-electron chi connectivity index (χ0n) is 20.9. The van der Waals surface area contributed by atoms with Crippen LogP contribution in [0.4, 0.5) is 28.8 Å². The van der Waals surface area contributed by atoms with Gasteiger partial charge < -0.3 is 30.7 Å². The Morgan fingerprint density at radius 1 is 1.14 bits per heavy atom. The first kappa shape index (κ1) is 27.4. The summed E-state index contributed by atoms with van der Waals surface area (Å²) in [6.07, 6.45) is 2.85. The molecule has 0 aliphatic rings. The van der Waals surface area contributed by atoms with Crippen molar-refractivity contribution in [3.05, 3.63) is 65.8 Å². The fourth-order valence-electron chi connectivity index (χ4n) is 3.54. The summed E-state index contributed by atoms with van der Waals surface area (Å²) in [5.74, 6) is 1.40. The number of nitrogens with two attached hydrogens (primary N) is 1. The fraction of sp³-hybridized carbons (Fsp3) is 0.231. The first-order valence-corrected chi connectivity index (χ1v) is 11.7. The van der Waals surface area contributed by atoms with E-state index in [0.29, 0.717) is 53.0 Å². The molecule has 0 fully saturated rings. The maximum atomic E-state index is 12.0. The van der Waals surface area contributed by atoms with Gasteiger partial charge >= 0.3 is 0 Å². The Labute approximate surface area is 220 Å². The molecule has 10 nitrogen and oxygen atoms in total. The summed E-state index contributed by atoms with van der Waals surface area (Å²) in [7, 11) is 3.08. The molecule has 0 unspecified atom stereocenters. The van der Waals surface area contributed by atoms with E-state index in [1.165, 1.54) is 26.3 Å². The van der Waals surface area contributed by atoms with E-state index in [4.69, 9.17) is 26.8 Å². The first-order chi connectivity index (χ1) is 17.8. The quantitative estimate of drug-likeness (QED) is 0.297. The number of allylic oxidation sites excluding steroid dienone is 1. The SMILES string of the molecule is C=CC(=O)Cc1cc(OC)ccc1Nc1nc(Nc2ccc(N(CCN)C(C)=O)cc2OC)ncc1Cl. The van der Waals surface area contributed by atoms with Gasteiger partial charge in [0, 0.05) is 43.9 Å². The summed E-state index contributed by atoms with van der Waals surface area (Å²) in [5.41, 5.74) is 8.21. The summed E-state index contributed by atoms with van der Waals surface area (Å²) in [6.45, 7) is 5.73. The van der Waals surface area contributed by atoms with Crippen LogP contribution in [-0.2, 0) is 16.0 Å². The molecule has 0 aliphatic heterocycles. The normalized spacial score (nSPS) is 10.4. The molecule has 3 aromatic rings. The second kappa shape index (κ2) is 12.7. The van der Waals surface area contributed by atoms with Gasteiger partial charge in [-0.05, 0) is 42.0 Å². The van der Waals surface area contributed by atoms with Gasteiger partial charge in [-0.2, -0.15) is 4.98 Å². The van der Waals surface area contributed by atoms with Crippen molar-refractivity contribution in [1.82, 2.24) is 9.97 Å². The molecule has 1 amide bonds. The summed E-state index contributed by atoms with van der Waals surface area (Å²) in [6, 6.07) is 10.6. The molecule has 4 N–H and O–H groups in total. The number of nitrogens with one attached hydrogen (secondary N) is 2. The molecule has 194 valence electrons. The Hall–Kier alpha value is -4.15. The summed E-state index contributed by atoms with van der Waals surface area (Å²) in [5, 5.41) is 6.57. The van der Waals surface area contributed by atoms with Crippen LogP contribution in [0.15, 0.2) is 55.3 Å². The zero-order chi connectivity index (χ0) is 26.9. The molecule has 37 heavy (non-hydrogen) atoms. The molecule has 3 rings (SSSR count). The van der Waals surface area contributed by atoms with Crippen LogP contribution in [0.2, 0.25) is 5.02 Å². The molecule has 0 radical (unpaired) electrons. The van der Waals surface area contributed by atoms with Gasteiger partial charge in [-0.1, -0.05) is 18.2 Å². The number of nitrogens with zero attached hydrogens (tertiary/aromatic N) is 3. The van der Waals surface area contributed by atoms with Crippen molar-refractivity contribution < 1.29 is 19.1 Å². The minimum absolute atomic E-state index is 0.127. The molecule has 11 heteroatoms. The van der Waals surface area contributed by atoms with Crippen LogP contribution in [0.5, 0.6) is 11.5 Å². The van der Waals surface area contributed by atoms with E-state index in [0.717, 1.165) is 0 Å². The number of benzene rings is 2. The number of rotatable bonds is 12. The summed E-state index contributed by atoms with van der Waals surface area (Å²) in [4.78, 5) is 34.4. The van der Waals surface area contributed by atoms with Crippen molar-refractivity contribution in [1.29, 1.82) is 0 Å². The number of carbonyl (C=O) groups is 2. The molecular formula is C26H29ClN6O4. The summed E-state index contributed by atoms with van der Waals surface area (Å²) < 4.78 is 10.8. The van der Waals surface area contributed by atoms with E-state index in [-0.39, 0.29) is 29.1 Å². The predicted molar refractivity (Wildman–Crippen MR) is 146 cm³/mol. The largest absolute Gasteiger partial charge is 0.497 e. The molecule has 1 heterocycles. The monoisotopic (exact) mass is 524 g/mol. The smallest absolute Gasteiger partial charge is 0.229 e. The number of ether oxygens (including phenoxy) is 2. The van der Waals surface area contributed by atoms with Crippen LogP contribution in [0.3, 0.4) is 0 Å². The number of amides is 1. The van der Waals surface area contributed by atoms with Crippen LogP contribution in [0, 0.1) is 0 Å². The van der Waals surface area contributed by atoms with Crippen LogP contribution in [0.25, 0.3) is 0 Å². The fourth-order valence-corrected chi connectivity index (χ4v) is 3.67. The maximum absolute atomic E-state index is 12.0. The Balaban J connectivity index is 1.90. The lowest BCUT2D eigenvalue weighted by Gasteiger charge is -2.22. The number of methoxy groups -OCH3 is 2. The highest BCUT2D eigenvalue weighted by atomic mass is 35.5. The van der Waals surface area contributed by atoms with Gasteiger partial charge in [0.05, 0.1) is 26.1 Å². The Kier molecular flexibility index (Phi) is 9.42. The molecular weight excluding hydrogens is 496 g/mol. The molecule has 0 spiro atoms. The van der Waals surface area contributed by atoms with Crippen molar-refractivity contribution in [3.8, 4) is 11.5 Å². The first-order valence-electron chi connectivity index (χ1n) is 11.3. The molecule has 2 aromatic carbocycles. The number of ketones is 1. The standard InChI is InChI=1S/C26H29ClN6O4/c1-5-19(35)12-17-13-20(36-3)7-9-22(17)30-25-21(27)15-29-26(32-25)31-23-8-6-18(14-24(23)37-4)33(11-10-28)16(2)34/h5-9,13-15H,1,10-12,28H2,2-4H3,(H2,29,30,31,32). The third-order valence-corrected chi connectivity index (χ3v) is 5.65. The molecule has 0 saturated carbocycles. The van der Waals surface area contributed by atoms with Crippen LogP contribution in [-0.4, -0.2) is 49.0 Å². The van der Waals surface area contributed by atoms with Gasteiger partial charge in [0.15, 0.2) is 11.6 Å². The lowest BCUT2D eigenvalue weighted by Crippen LogP contribution is -2.33. The molecule has 0 saturated heterocycles. The van der Waals surface area contributed by atoms with E-state index in [1.807, 2.05) is 0 Å². The molecule has 0 bridgehead atoms. The van der Waals surface area contributed by atoms with E-state index < -0.39 is 0 Å². The molecule has 0 atom stereocenters. The number of carbonyl (C=O) groups excluding carboxylic acids is 2. The zero-order valence-corrected chi connectivity index (χ0v) is 21.6. The minimum Gasteiger partial charge on any atom is -0.497 e. The van der Waals surface area contributed by atoms with Crippen LogP contribution < -0.4 is 30.7 Å². The number of aromatic nitrogens is 2. The van der Waals surface area contributed by atoms with E-state index in [9.17, 15) is 9.59 Å². The average molecular weight is 525 g/mol. The van der Waals surface area contributed by atoms with Gasteiger partial charge in [0.1, 0.15) is 16.5 Å². The number of hydrogen-bond acceptors (Lipinski definition) is 9. The van der Waals surface area contributed by atoms with Gasteiger partial charge in [-0.15, -0.1) is 0 Å². The highest BCUT2D eigenvalue weighted by Gasteiger charge is 2.16. The Bertz CT molecular complexity index is 1300. The highest BCUT2D eigenvalue weighted by Crippen LogP contribution is 2.33. The Morgan fingerprint density at radius 2 is 1.89 bits per heavy atom. The van der Waals surface area contributed by atoms with E-state index >= 15 is 0 Å². The average Bonchev–Trinajstić information content (AvgIpc) is 2.90. The van der Waals surface area contributed by atoms with Crippen molar-refractivity contribution in [2.45, 2.75) is 13.3 Å². The minimum atomic E-state index is -0.141. The van der Waals surface area contributed by atoms with Crippen molar-refractivity contribution in [2.75, 3.05) is 42.8 Å². The van der Waals surface area contributed by atoms with Gasteiger partial charge in [0.25, 0.3) is 0 Å². The number of anilines is 5. The lowest BCUT2D eigenvalue weighted by molar-refractivity contribution is -0.116. The molecule has 0 aliphatic carbocycles. The highest BCUT2D eigenvalue weighted by molar-refractivity contribution is 6.33. The second-order valence-corrected chi connectivity index (χ2v) is 8.26. The van der Waals surface area contributed by atoms with E-state index in [1.54, 1.807) is 48.4 Å². The topological polar surface area (TPSA) is 132 Å². The van der Waals surface area contributed by atoms with Gasteiger partial charge in [-0.25, -0.2) is 4.98 Å². The predicted octanol–water partition coefficient (Wildman–Crippen LogP) is 4.24. The van der Waals surface area contributed by atoms with Crippen molar-refractivity contribution in [2.24, 2.45) is 5.73 Å². The van der Waals surface area contributed by atoms with Crippen molar-refractivity contribution in [3.63, 3.8) is 0 Å². The third-order valence-electron chi connectivity index (χ3n) is 5.38. The molecule has 1 aromatic heterocycles. The van der Waals surface area contributed by atoms with Crippen LogP contribution in [0.1, 0.15) is 12.5 Å². The van der Waals surface area contributed by atoms with Gasteiger partial charge in [0.2, 0.25) is 11.9 Å². The summed E-state index contributed by atoms with van der Waals surface area (Å²) >= 11 is 6.37. The lowest BCUT2D eigenvalue weighted by atomic mass is 10.1.